The molecule has 1 aromatic carbocycles. The molecule has 0 fully saturated rings. The third-order valence-electron chi connectivity index (χ3n) is 3.51. The SMILES string of the molecule is CCOc1ccc(/C(=N\N)c2cc(-n3cc(C)cn3)ncn2)c(O)c1. The molecule has 0 spiro atoms. The first kappa shape index (κ1) is 16.4. The Morgan fingerprint density at radius 3 is 2.80 bits per heavy atom. The lowest BCUT2D eigenvalue weighted by Gasteiger charge is -2.10. The highest BCUT2D eigenvalue weighted by molar-refractivity contribution is 6.13. The summed E-state index contributed by atoms with van der Waals surface area (Å²) in [6.07, 6.45) is 4.98. The number of nitrogens with two attached hydrogens (primary N) is 1. The minimum atomic E-state index is 0.00486. The summed E-state index contributed by atoms with van der Waals surface area (Å²) in [7, 11) is 0. The Labute approximate surface area is 144 Å². The number of phenols is 1. The average Bonchev–Trinajstić information content (AvgIpc) is 3.04. The van der Waals surface area contributed by atoms with Gasteiger partial charge in [-0.2, -0.15) is 10.2 Å². The van der Waals surface area contributed by atoms with E-state index in [2.05, 4.69) is 20.2 Å². The van der Waals surface area contributed by atoms with Crippen LogP contribution in [-0.4, -0.2) is 37.2 Å². The number of nitrogens with zero attached hydrogens (tertiary/aromatic N) is 5. The van der Waals surface area contributed by atoms with Crippen LogP contribution in [0.5, 0.6) is 11.5 Å². The van der Waals surface area contributed by atoms with Gasteiger partial charge in [0.2, 0.25) is 0 Å². The fraction of sp³-hybridized carbons (Fsp3) is 0.176. The lowest BCUT2D eigenvalue weighted by atomic mass is 10.1. The summed E-state index contributed by atoms with van der Waals surface area (Å²) in [5.74, 6) is 6.70. The topological polar surface area (TPSA) is 111 Å². The molecule has 0 saturated carbocycles. The smallest absolute Gasteiger partial charge is 0.157 e. The molecule has 8 nitrogen and oxygen atoms in total. The van der Waals surface area contributed by atoms with Crippen LogP contribution in [0.25, 0.3) is 5.82 Å². The molecule has 0 unspecified atom stereocenters. The first-order valence-corrected chi connectivity index (χ1v) is 7.70. The predicted octanol–water partition coefficient (Wildman–Crippen LogP) is 1.79. The molecule has 3 aromatic rings. The molecule has 128 valence electrons. The van der Waals surface area contributed by atoms with E-state index in [0.717, 1.165) is 5.56 Å². The van der Waals surface area contributed by atoms with Crippen molar-refractivity contribution in [3.8, 4) is 17.3 Å². The van der Waals surface area contributed by atoms with Gasteiger partial charge in [-0.1, -0.05) is 0 Å². The van der Waals surface area contributed by atoms with E-state index in [1.807, 2.05) is 20.0 Å². The van der Waals surface area contributed by atoms with Gasteiger partial charge in [0.1, 0.15) is 23.5 Å². The van der Waals surface area contributed by atoms with Gasteiger partial charge in [0.25, 0.3) is 0 Å². The van der Waals surface area contributed by atoms with Crippen molar-refractivity contribution in [2.24, 2.45) is 10.9 Å². The number of aryl methyl sites for hydroxylation is 1. The van der Waals surface area contributed by atoms with Gasteiger partial charge in [0, 0.05) is 23.9 Å². The highest BCUT2D eigenvalue weighted by Crippen LogP contribution is 2.26. The summed E-state index contributed by atoms with van der Waals surface area (Å²) in [6, 6.07) is 6.64. The number of benzene rings is 1. The first-order valence-electron chi connectivity index (χ1n) is 7.70. The Bertz CT molecular complexity index is 919. The Balaban J connectivity index is 1.99. The van der Waals surface area contributed by atoms with Crippen molar-refractivity contribution < 1.29 is 9.84 Å². The standard InChI is InChI=1S/C17H18N6O2/c1-3-25-12-4-5-13(15(24)6-12)17(22-18)14-7-16(20-10-19-14)23-9-11(2)8-21-23/h4-10,24H,3,18H2,1-2H3/b22-17+. The van der Waals surface area contributed by atoms with Crippen LogP contribution in [0.15, 0.2) is 48.1 Å². The highest BCUT2D eigenvalue weighted by atomic mass is 16.5. The summed E-state index contributed by atoms with van der Waals surface area (Å²) in [5, 5.41) is 18.3. The maximum Gasteiger partial charge on any atom is 0.157 e. The molecule has 0 saturated heterocycles. The lowest BCUT2D eigenvalue weighted by molar-refractivity contribution is 0.337. The average molecular weight is 338 g/mol. The normalized spacial score (nSPS) is 11.5. The summed E-state index contributed by atoms with van der Waals surface area (Å²) >= 11 is 0. The van der Waals surface area contributed by atoms with E-state index in [9.17, 15) is 5.11 Å². The zero-order valence-electron chi connectivity index (χ0n) is 13.9. The molecule has 0 radical (unpaired) electrons. The molecular formula is C17H18N6O2. The number of ether oxygens (including phenoxy) is 1. The van der Waals surface area contributed by atoms with Crippen molar-refractivity contribution in [2.45, 2.75) is 13.8 Å². The van der Waals surface area contributed by atoms with Gasteiger partial charge in [0.05, 0.1) is 18.5 Å². The van der Waals surface area contributed by atoms with E-state index in [1.165, 1.54) is 12.4 Å². The summed E-state index contributed by atoms with van der Waals surface area (Å²) < 4.78 is 7.00. The molecule has 0 aliphatic rings. The lowest BCUT2D eigenvalue weighted by Crippen LogP contribution is -2.11. The second kappa shape index (κ2) is 7.00. The van der Waals surface area contributed by atoms with Crippen LogP contribution >= 0.6 is 0 Å². The molecular weight excluding hydrogens is 320 g/mol. The van der Waals surface area contributed by atoms with Gasteiger partial charge in [-0.3, -0.25) is 0 Å². The second-order valence-electron chi connectivity index (χ2n) is 5.31. The van der Waals surface area contributed by atoms with Crippen molar-refractivity contribution in [1.29, 1.82) is 0 Å². The van der Waals surface area contributed by atoms with Crippen LogP contribution in [0.1, 0.15) is 23.7 Å². The Kier molecular flexibility index (Phi) is 4.60. The largest absolute Gasteiger partial charge is 0.507 e. The number of phenolic OH excluding ortho intramolecular Hbond substituents is 1. The van der Waals surface area contributed by atoms with E-state index in [1.54, 1.807) is 29.1 Å². The maximum atomic E-state index is 10.3. The van der Waals surface area contributed by atoms with E-state index < -0.39 is 0 Å². The van der Waals surface area contributed by atoms with Crippen LogP contribution in [-0.2, 0) is 0 Å². The van der Waals surface area contributed by atoms with Gasteiger partial charge in [-0.15, -0.1) is 0 Å². The molecule has 0 bridgehead atoms. The van der Waals surface area contributed by atoms with Crippen molar-refractivity contribution in [1.82, 2.24) is 19.7 Å². The number of rotatable bonds is 5. The zero-order chi connectivity index (χ0) is 17.8. The molecule has 3 rings (SSSR count). The molecule has 2 heterocycles. The van der Waals surface area contributed by atoms with E-state index in [-0.39, 0.29) is 5.75 Å². The van der Waals surface area contributed by atoms with E-state index >= 15 is 0 Å². The molecule has 25 heavy (non-hydrogen) atoms. The number of aromatic hydroxyl groups is 1. The molecule has 0 aliphatic carbocycles. The zero-order valence-corrected chi connectivity index (χ0v) is 13.9. The minimum absolute atomic E-state index is 0.00486. The van der Waals surface area contributed by atoms with E-state index in [4.69, 9.17) is 10.6 Å². The quantitative estimate of drug-likeness (QED) is 0.417. The van der Waals surface area contributed by atoms with Crippen molar-refractivity contribution in [2.75, 3.05) is 6.61 Å². The Morgan fingerprint density at radius 2 is 2.16 bits per heavy atom. The Morgan fingerprint density at radius 1 is 1.32 bits per heavy atom. The van der Waals surface area contributed by atoms with Gasteiger partial charge >= 0.3 is 0 Å². The monoisotopic (exact) mass is 338 g/mol. The first-order chi connectivity index (χ1) is 12.1. The second-order valence-corrected chi connectivity index (χ2v) is 5.31. The number of hydrogen-bond acceptors (Lipinski definition) is 7. The van der Waals surface area contributed by atoms with Crippen LogP contribution in [0, 0.1) is 6.92 Å². The highest BCUT2D eigenvalue weighted by Gasteiger charge is 2.15. The summed E-state index contributed by atoms with van der Waals surface area (Å²) in [6.45, 7) is 4.32. The molecule has 0 atom stereocenters. The number of hydrogen-bond donors (Lipinski definition) is 2. The van der Waals surface area contributed by atoms with Crippen LogP contribution in [0.2, 0.25) is 0 Å². The third kappa shape index (κ3) is 3.42. The number of aromatic nitrogens is 4. The molecule has 0 aliphatic heterocycles. The Hall–Kier alpha value is -3.42. The van der Waals surface area contributed by atoms with Gasteiger partial charge in [-0.05, 0) is 31.5 Å². The van der Waals surface area contributed by atoms with Crippen molar-refractivity contribution >= 4 is 5.71 Å². The fourth-order valence-corrected chi connectivity index (χ4v) is 2.38. The molecule has 8 heteroatoms. The van der Waals surface area contributed by atoms with Crippen LogP contribution in [0.4, 0.5) is 0 Å². The molecule has 3 N–H and O–H groups in total. The van der Waals surface area contributed by atoms with E-state index in [0.29, 0.717) is 35.1 Å². The van der Waals surface area contributed by atoms with Crippen molar-refractivity contribution in [3.05, 3.63) is 59.8 Å². The van der Waals surface area contributed by atoms with Gasteiger partial charge < -0.3 is 15.7 Å². The molecule has 0 amide bonds. The maximum absolute atomic E-state index is 10.3. The summed E-state index contributed by atoms with van der Waals surface area (Å²) in [4.78, 5) is 8.42. The minimum Gasteiger partial charge on any atom is -0.507 e. The van der Waals surface area contributed by atoms with Crippen LogP contribution in [0.3, 0.4) is 0 Å². The number of hydrazone groups is 1. The van der Waals surface area contributed by atoms with Gasteiger partial charge in [0.15, 0.2) is 5.82 Å². The van der Waals surface area contributed by atoms with Crippen molar-refractivity contribution in [3.63, 3.8) is 0 Å². The molecule has 2 aromatic heterocycles. The van der Waals surface area contributed by atoms with Crippen LogP contribution < -0.4 is 10.6 Å². The fourth-order valence-electron chi connectivity index (χ4n) is 2.38. The summed E-state index contributed by atoms with van der Waals surface area (Å²) in [5.41, 5.74) is 2.28. The van der Waals surface area contributed by atoms with Gasteiger partial charge in [-0.25, -0.2) is 14.6 Å². The predicted molar refractivity (Wildman–Crippen MR) is 93.0 cm³/mol. The third-order valence-corrected chi connectivity index (χ3v) is 3.51.